The average Bonchev–Trinajstić information content (AvgIpc) is 3.05. The van der Waals surface area contributed by atoms with Gasteiger partial charge in [-0.3, -0.25) is 4.90 Å². The predicted molar refractivity (Wildman–Crippen MR) is 107 cm³/mol. The maximum Gasteiger partial charge on any atom is 0.185 e. The van der Waals surface area contributed by atoms with Crippen LogP contribution in [0.25, 0.3) is 0 Å². The molecule has 1 aliphatic heterocycles. The predicted octanol–water partition coefficient (Wildman–Crippen LogP) is 4.00. The fraction of sp³-hybridized carbons (Fsp3) is 0.550. The van der Waals surface area contributed by atoms with E-state index < -0.39 is 0 Å². The van der Waals surface area contributed by atoms with Gasteiger partial charge >= 0.3 is 0 Å². The van der Waals surface area contributed by atoms with Gasteiger partial charge in [-0.2, -0.15) is 0 Å². The molecule has 1 atom stereocenters. The van der Waals surface area contributed by atoms with Crippen LogP contribution in [-0.2, 0) is 13.1 Å². The summed E-state index contributed by atoms with van der Waals surface area (Å²) in [5.41, 5.74) is 2.84. The van der Waals surface area contributed by atoms with Crippen molar-refractivity contribution in [1.82, 2.24) is 14.8 Å². The topological polar surface area (TPSA) is 22.6 Å². The monoisotopic (exact) mass is 358 g/mol. The number of nitrogens with zero attached hydrogens (tertiary/aromatic N) is 4. The molecule has 1 saturated heterocycles. The minimum absolute atomic E-state index is 0.534. The highest BCUT2D eigenvalue weighted by atomic mass is 32.1. The third-order valence-electron chi connectivity index (χ3n) is 4.76. The van der Waals surface area contributed by atoms with E-state index in [1.54, 1.807) is 0 Å². The summed E-state index contributed by atoms with van der Waals surface area (Å²) in [5.74, 6) is 0. The Bertz CT molecular complexity index is 663. The summed E-state index contributed by atoms with van der Waals surface area (Å²) in [7, 11) is 8.35. The van der Waals surface area contributed by atoms with Crippen molar-refractivity contribution in [1.29, 1.82) is 0 Å². The van der Waals surface area contributed by atoms with Crippen molar-refractivity contribution in [3.8, 4) is 0 Å². The van der Waals surface area contributed by atoms with E-state index in [1.165, 1.54) is 41.8 Å². The molecule has 136 valence electrons. The van der Waals surface area contributed by atoms with Crippen LogP contribution < -0.4 is 4.90 Å². The molecule has 2 heterocycles. The highest BCUT2D eigenvalue weighted by molar-refractivity contribution is 7.15. The number of thiazole rings is 1. The second kappa shape index (κ2) is 8.30. The Morgan fingerprint density at radius 3 is 2.52 bits per heavy atom. The second-order valence-corrected chi connectivity index (χ2v) is 8.56. The summed E-state index contributed by atoms with van der Waals surface area (Å²) in [4.78, 5) is 12.8. The lowest BCUT2D eigenvalue weighted by atomic mass is 9.94. The quantitative estimate of drug-likeness (QED) is 0.778. The van der Waals surface area contributed by atoms with Crippen LogP contribution >= 0.6 is 11.3 Å². The minimum Gasteiger partial charge on any atom is -0.354 e. The van der Waals surface area contributed by atoms with Crippen LogP contribution in [0.3, 0.4) is 0 Å². The smallest absolute Gasteiger partial charge is 0.185 e. The van der Waals surface area contributed by atoms with E-state index >= 15 is 0 Å². The highest BCUT2D eigenvalue weighted by Crippen LogP contribution is 2.33. The van der Waals surface area contributed by atoms with E-state index in [9.17, 15) is 0 Å². The molecule has 0 N–H and O–H groups in total. The molecule has 0 unspecified atom stereocenters. The van der Waals surface area contributed by atoms with Crippen molar-refractivity contribution in [3.63, 3.8) is 0 Å². The van der Waals surface area contributed by atoms with Crippen LogP contribution in [0.5, 0.6) is 0 Å². The molecule has 1 fully saturated rings. The van der Waals surface area contributed by atoms with Gasteiger partial charge < -0.3 is 9.80 Å². The average molecular weight is 359 g/mol. The molecular formula is C20H30N4S. The zero-order chi connectivity index (χ0) is 17.8. The van der Waals surface area contributed by atoms with E-state index in [1.807, 2.05) is 17.5 Å². The number of anilines is 1. The molecule has 2 aromatic rings. The first-order valence-electron chi connectivity index (χ1n) is 9.12. The van der Waals surface area contributed by atoms with Crippen LogP contribution in [0, 0.1) is 0 Å². The number of aromatic nitrogens is 1. The summed E-state index contributed by atoms with van der Waals surface area (Å²) in [6, 6.07) is 9.78. The third-order valence-corrected chi connectivity index (χ3v) is 5.91. The Hall–Kier alpha value is -1.43. The lowest BCUT2D eigenvalue weighted by Crippen LogP contribution is -2.32. The molecule has 0 saturated carbocycles. The molecule has 0 bridgehead atoms. The lowest BCUT2D eigenvalue weighted by molar-refractivity contribution is 0.141. The summed E-state index contributed by atoms with van der Waals surface area (Å²) in [5, 5.41) is 1.09. The number of benzene rings is 1. The number of likely N-dealkylation sites (tertiary alicyclic amines) is 1. The Labute approximate surface area is 156 Å². The van der Waals surface area contributed by atoms with Crippen LogP contribution in [0.15, 0.2) is 30.5 Å². The van der Waals surface area contributed by atoms with E-state index in [0.717, 1.165) is 18.2 Å². The van der Waals surface area contributed by atoms with Gasteiger partial charge in [0.2, 0.25) is 0 Å². The van der Waals surface area contributed by atoms with E-state index in [-0.39, 0.29) is 0 Å². The fourth-order valence-electron chi connectivity index (χ4n) is 3.55. The van der Waals surface area contributed by atoms with Gasteiger partial charge in [-0.25, -0.2) is 4.98 Å². The Morgan fingerprint density at radius 1 is 1.12 bits per heavy atom. The normalized spacial score (nSPS) is 18.7. The van der Waals surface area contributed by atoms with Gasteiger partial charge in [0.1, 0.15) is 0 Å². The van der Waals surface area contributed by atoms with Crippen molar-refractivity contribution in [2.75, 3.05) is 39.6 Å². The lowest BCUT2D eigenvalue weighted by Gasteiger charge is -2.35. The molecule has 4 nitrogen and oxygen atoms in total. The van der Waals surface area contributed by atoms with E-state index in [0.29, 0.717) is 6.04 Å². The van der Waals surface area contributed by atoms with Gasteiger partial charge in [0.15, 0.2) is 5.13 Å². The molecule has 0 spiro atoms. The van der Waals surface area contributed by atoms with E-state index in [2.05, 4.69) is 72.1 Å². The third kappa shape index (κ3) is 4.81. The number of rotatable bonds is 6. The molecular weight excluding hydrogens is 328 g/mol. The summed E-state index contributed by atoms with van der Waals surface area (Å²) in [6.45, 7) is 3.19. The standard InChI is InChI=1S/C20H30N4S/c1-22(2)14-16-8-10-17(11-9-16)19-7-5-6-12-24(19)15-18-13-21-20(25-18)23(3)4/h8-11,13,19H,5-7,12,14-15H2,1-4H3/t19-/m1/s1. The van der Waals surface area contributed by atoms with Gasteiger partial charge in [0, 0.05) is 44.3 Å². The van der Waals surface area contributed by atoms with Gasteiger partial charge in [-0.05, 0) is 44.6 Å². The Kier molecular flexibility index (Phi) is 6.10. The highest BCUT2D eigenvalue weighted by Gasteiger charge is 2.24. The molecule has 0 amide bonds. The van der Waals surface area contributed by atoms with Crippen LogP contribution in [0.2, 0.25) is 0 Å². The second-order valence-electron chi connectivity index (χ2n) is 7.46. The maximum atomic E-state index is 4.53. The van der Waals surface area contributed by atoms with Crippen LogP contribution in [-0.4, -0.2) is 49.5 Å². The molecule has 1 aromatic heterocycles. The first kappa shape index (κ1) is 18.4. The molecule has 0 aliphatic carbocycles. The molecule has 5 heteroatoms. The SMILES string of the molecule is CN(C)Cc1ccc([C@H]2CCCCN2Cc2cnc(N(C)C)s2)cc1. The molecule has 0 radical (unpaired) electrons. The van der Waals surface area contributed by atoms with Crippen molar-refractivity contribution < 1.29 is 0 Å². The van der Waals surface area contributed by atoms with Crippen molar-refractivity contribution >= 4 is 16.5 Å². The summed E-state index contributed by atoms with van der Waals surface area (Å²) >= 11 is 1.81. The van der Waals surface area contributed by atoms with Gasteiger partial charge in [0.25, 0.3) is 0 Å². The maximum absolute atomic E-state index is 4.53. The van der Waals surface area contributed by atoms with Gasteiger partial charge in [-0.15, -0.1) is 11.3 Å². The van der Waals surface area contributed by atoms with Crippen molar-refractivity contribution in [2.45, 2.75) is 38.4 Å². The summed E-state index contributed by atoms with van der Waals surface area (Å²) < 4.78 is 0. The van der Waals surface area contributed by atoms with Crippen molar-refractivity contribution in [3.05, 3.63) is 46.5 Å². The molecule has 1 aromatic carbocycles. The zero-order valence-electron chi connectivity index (χ0n) is 15.9. The molecule has 1 aliphatic rings. The zero-order valence-corrected chi connectivity index (χ0v) is 16.7. The number of hydrogen-bond donors (Lipinski definition) is 0. The fourth-order valence-corrected chi connectivity index (χ4v) is 4.40. The largest absolute Gasteiger partial charge is 0.354 e. The van der Waals surface area contributed by atoms with Crippen LogP contribution in [0.4, 0.5) is 5.13 Å². The van der Waals surface area contributed by atoms with E-state index in [4.69, 9.17) is 0 Å². The molecule has 3 rings (SSSR count). The summed E-state index contributed by atoms with van der Waals surface area (Å²) in [6.07, 6.45) is 5.93. The van der Waals surface area contributed by atoms with Gasteiger partial charge in [0.05, 0.1) is 0 Å². The Morgan fingerprint density at radius 2 is 1.88 bits per heavy atom. The Balaban J connectivity index is 1.71. The first-order valence-corrected chi connectivity index (χ1v) is 9.94. The first-order chi connectivity index (χ1) is 12.0. The van der Waals surface area contributed by atoms with Gasteiger partial charge in [-0.1, -0.05) is 30.7 Å². The van der Waals surface area contributed by atoms with Crippen LogP contribution in [0.1, 0.15) is 41.3 Å². The number of piperidine rings is 1. The van der Waals surface area contributed by atoms with Crippen molar-refractivity contribution in [2.24, 2.45) is 0 Å². The number of hydrogen-bond acceptors (Lipinski definition) is 5. The minimum atomic E-state index is 0.534. The molecule has 25 heavy (non-hydrogen) atoms.